The molecular weight excluding hydrogens is 162 g/mol. The molecular formula is C7H11NO4. The number of esters is 1. The second kappa shape index (κ2) is 3.10. The van der Waals surface area contributed by atoms with Gasteiger partial charge in [0.05, 0.1) is 6.10 Å². The predicted molar refractivity (Wildman–Crippen MR) is 38.9 cm³/mol. The molecule has 1 aliphatic rings. The number of nitrogens with one attached hydrogen (secondary N) is 1. The molecule has 0 aromatic carbocycles. The fourth-order valence-corrected chi connectivity index (χ4v) is 1.12. The van der Waals surface area contributed by atoms with Crippen molar-refractivity contribution in [1.29, 1.82) is 0 Å². The molecule has 5 heteroatoms. The summed E-state index contributed by atoms with van der Waals surface area (Å²) in [6.07, 6.45) is -1.45. The third kappa shape index (κ3) is 1.55. The fourth-order valence-electron chi connectivity index (χ4n) is 1.12. The SMILES string of the molecule is CC(=O)O[C@H]1NC(=O)[C@@H]1C(C)O. The van der Waals surface area contributed by atoms with Gasteiger partial charge in [-0.2, -0.15) is 0 Å². The summed E-state index contributed by atoms with van der Waals surface area (Å²) in [6, 6.07) is 0. The van der Waals surface area contributed by atoms with E-state index in [1.165, 1.54) is 13.8 Å². The fraction of sp³-hybridized carbons (Fsp3) is 0.714. The largest absolute Gasteiger partial charge is 0.441 e. The Labute approximate surface area is 69.7 Å². The summed E-state index contributed by atoms with van der Waals surface area (Å²) in [4.78, 5) is 21.3. The number of β-lactam (4-membered cyclic amide) rings is 1. The summed E-state index contributed by atoms with van der Waals surface area (Å²) in [6.45, 7) is 2.74. The van der Waals surface area contributed by atoms with Gasteiger partial charge >= 0.3 is 5.97 Å². The van der Waals surface area contributed by atoms with Crippen LogP contribution in [0.15, 0.2) is 0 Å². The molecule has 0 aromatic rings. The van der Waals surface area contributed by atoms with Crippen molar-refractivity contribution in [1.82, 2.24) is 5.32 Å². The first-order valence-electron chi connectivity index (χ1n) is 3.68. The molecule has 1 fully saturated rings. The van der Waals surface area contributed by atoms with E-state index in [2.05, 4.69) is 5.32 Å². The van der Waals surface area contributed by atoms with Crippen molar-refractivity contribution >= 4 is 11.9 Å². The highest BCUT2D eigenvalue weighted by molar-refractivity contribution is 5.86. The molecule has 2 N–H and O–H groups in total. The molecule has 0 radical (unpaired) electrons. The van der Waals surface area contributed by atoms with Crippen molar-refractivity contribution in [2.45, 2.75) is 26.2 Å². The van der Waals surface area contributed by atoms with E-state index in [0.29, 0.717) is 0 Å². The smallest absolute Gasteiger partial charge is 0.304 e. The van der Waals surface area contributed by atoms with E-state index < -0.39 is 24.2 Å². The molecule has 3 atom stereocenters. The summed E-state index contributed by atoms with van der Waals surface area (Å²) in [5.74, 6) is -1.36. The van der Waals surface area contributed by atoms with Crippen LogP contribution in [-0.2, 0) is 14.3 Å². The Morgan fingerprint density at radius 3 is 2.67 bits per heavy atom. The van der Waals surface area contributed by atoms with Crippen LogP contribution in [0.2, 0.25) is 0 Å². The number of carbonyl (C=O) groups is 2. The molecule has 1 aliphatic heterocycles. The molecule has 12 heavy (non-hydrogen) atoms. The molecule has 1 heterocycles. The van der Waals surface area contributed by atoms with E-state index in [9.17, 15) is 9.59 Å². The van der Waals surface area contributed by atoms with E-state index in [4.69, 9.17) is 9.84 Å². The number of ether oxygens (including phenoxy) is 1. The van der Waals surface area contributed by atoms with Gasteiger partial charge in [0.1, 0.15) is 5.92 Å². The monoisotopic (exact) mass is 173 g/mol. The number of amides is 1. The van der Waals surface area contributed by atoms with Crippen molar-refractivity contribution in [3.05, 3.63) is 0 Å². The standard InChI is InChI=1S/C7H11NO4/c1-3(9)5-6(11)8-7(5)12-4(2)10/h3,5,7,9H,1-2H3,(H,8,11)/t3?,5-,7+/m0/s1. The van der Waals surface area contributed by atoms with Crippen LogP contribution in [0, 0.1) is 5.92 Å². The lowest BCUT2D eigenvalue weighted by molar-refractivity contribution is -0.173. The van der Waals surface area contributed by atoms with Crippen molar-refractivity contribution < 1.29 is 19.4 Å². The summed E-state index contributed by atoms with van der Waals surface area (Å²) in [7, 11) is 0. The Kier molecular flexibility index (Phi) is 2.32. The van der Waals surface area contributed by atoms with Crippen LogP contribution >= 0.6 is 0 Å². The van der Waals surface area contributed by atoms with Gasteiger partial charge in [0.2, 0.25) is 5.91 Å². The number of carbonyl (C=O) groups excluding carboxylic acids is 2. The van der Waals surface area contributed by atoms with Gasteiger partial charge in [-0.1, -0.05) is 0 Å². The Hall–Kier alpha value is -1.10. The maximum absolute atomic E-state index is 10.8. The summed E-state index contributed by atoms with van der Waals surface area (Å²) in [5, 5.41) is 11.4. The molecule has 1 amide bonds. The van der Waals surface area contributed by atoms with E-state index in [1.54, 1.807) is 0 Å². The van der Waals surface area contributed by atoms with Crippen molar-refractivity contribution in [2.75, 3.05) is 0 Å². The molecule has 0 saturated carbocycles. The Morgan fingerprint density at radius 1 is 1.75 bits per heavy atom. The summed E-state index contributed by atoms with van der Waals surface area (Å²) in [5.41, 5.74) is 0. The van der Waals surface area contributed by atoms with Crippen LogP contribution in [0.4, 0.5) is 0 Å². The Balaban J connectivity index is 2.48. The maximum Gasteiger partial charge on any atom is 0.304 e. The number of aliphatic hydroxyl groups is 1. The Morgan fingerprint density at radius 2 is 2.33 bits per heavy atom. The molecule has 0 spiro atoms. The molecule has 0 aromatic heterocycles. The van der Waals surface area contributed by atoms with E-state index in [0.717, 1.165) is 0 Å². The van der Waals surface area contributed by atoms with E-state index in [-0.39, 0.29) is 5.91 Å². The number of hydrogen-bond donors (Lipinski definition) is 2. The van der Waals surface area contributed by atoms with Crippen molar-refractivity contribution in [3.63, 3.8) is 0 Å². The Bertz CT molecular complexity index is 213. The van der Waals surface area contributed by atoms with Crippen LogP contribution in [0.5, 0.6) is 0 Å². The zero-order chi connectivity index (χ0) is 9.30. The van der Waals surface area contributed by atoms with Gasteiger partial charge < -0.3 is 15.2 Å². The highest BCUT2D eigenvalue weighted by atomic mass is 16.6. The summed E-state index contributed by atoms with van der Waals surface area (Å²) < 4.78 is 4.70. The molecule has 0 bridgehead atoms. The lowest BCUT2D eigenvalue weighted by Crippen LogP contribution is -2.63. The maximum atomic E-state index is 10.8. The van der Waals surface area contributed by atoms with Crippen LogP contribution < -0.4 is 5.32 Å². The van der Waals surface area contributed by atoms with Gasteiger partial charge in [0.25, 0.3) is 0 Å². The first-order valence-corrected chi connectivity index (χ1v) is 3.68. The van der Waals surface area contributed by atoms with Gasteiger partial charge in [-0.05, 0) is 6.92 Å². The second-order valence-electron chi connectivity index (χ2n) is 2.81. The second-order valence-corrected chi connectivity index (χ2v) is 2.81. The van der Waals surface area contributed by atoms with Gasteiger partial charge in [0.15, 0.2) is 6.23 Å². The minimum absolute atomic E-state index is 0.281. The van der Waals surface area contributed by atoms with Crippen LogP contribution in [-0.4, -0.2) is 29.3 Å². The van der Waals surface area contributed by atoms with Gasteiger partial charge in [-0.15, -0.1) is 0 Å². The highest BCUT2D eigenvalue weighted by Crippen LogP contribution is 2.19. The average molecular weight is 173 g/mol. The first kappa shape index (κ1) is 8.99. The molecule has 68 valence electrons. The quantitative estimate of drug-likeness (QED) is 0.415. The number of aliphatic hydroxyl groups excluding tert-OH is 1. The van der Waals surface area contributed by atoms with Crippen molar-refractivity contribution in [2.24, 2.45) is 5.92 Å². The average Bonchev–Trinajstić information content (AvgIpc) is 1.82. The van der Waals surface area contributed by atoms with Crippen LogP contribution in [0.1, 0.15) is 13.8 Å². The van der Waals surface area contributed by atoms with Gasteiger partial charge in [0, 0.05) is 6.92 Å². The predicted octanol–water partition coefficient (Wildman–Crippen LogP) is -0.998. The van der Waals surface area contributed by atoms with Crippen LogP contribution in [0.25, 0.3) is 0 Å². The molecule has 1 unspecified atom stereocenters. The normalized spacial score (nSPS) is 30.1. The van der Waals surface area contributed by atoms with Crippen molar-refractivity contribution in [3.8, 4) is 0 Å². The van der Waals surface area contributed by atoms with Gasteiger partial charge in [-0.3, -0.25) is 9.59 Å². The highest BCUT2D eigenvalue weighted by Gasteiger charge is 2.44. The number of hydrogen-bond acceptors (Lipinski definition) is 4. The topological polar surface area (TPSA) is 75.6 Å². The number of rotatable bonds is 2. The van der Waals surface area contributed by atoms with Gasteiger partial charge in [-0.25, -0.2) is 0 Å². The first-order chi connectivity index (χ1) is 5.52. The third-order valence-electron chi connectivity index (χ3n) is 1.73. The minimum atomic E-state index is -0.789. The molecule has 0 aliphatic carbocycles. The molecule has 1 saturated heterocycles. The zero-order valence-corrected chi connectivity index (χ0v) is 6.90. The van der Waals surface area contributed by atoms with Crippen LogP contribution in [0.3, 0.4) is 0 Å². The third-order valence-corrected chi connectivity index (χ3v) is 1.73. The van der Waals surface area contributed by atoms with E-state index >= 15 is 0 Å². The lowest BCUT2D eigenvalue weighted by atomic mass is 9.94. The molecule has 5 nitrogen and oxygen atoms in total. The molecule has 1 rings (SSSR count). The lowest BCUT2D eigenvalue weighted by Gasteiger charge is -2.36. The summed E-state index contributed by atoms with van der Waals surface area (Å²) >= 11 is 0. The van der Waals surface area contributed by atoms with E-state index in [1.807, 2.05) is 0 Å². The minimum Gasteiger partial charge on any atom is -0.441 e. The zero-order valence-electron chi connectivity index (χ0n) is 6.90.